The molecule has 0 aliphatic rings. The van der Waals surface area contributed by atoms with E-state index in [2.05, 4.69) is 16.3 Å². The maximum Gasteiger partial charge on any atom is 0.303 e. The lowest BCUT2D eigenvalue weighted by Gasteiger charge is -2.03. The molecule has 0 unspecified atom stereocenters. The minimum absolute atomic E-state index is 0.123. The summed E-state index contributed by atoms with van der Waals surface area (Å²) in [6.45, 7) is 2.02. The third-order valence-electron chi connectivity index (χ3n) is 2.63. The highest BCUT2D eigenvalue weighted by atomic mass is 16.4. The third kappa shape index (κ3) is 2.72. The Hall–Kier alpha value is -2.10. The van der Waals surface area contributed by atoms with Gasteiger partial charge in [-0.3, -0.25) is 9.89 Å². The number of aryl methyl sites for hydroxylation is 2. The smallest absolute Gasteiger partial charge is 0.303 e. The van der Waals surface area contributed by atoms with Crippen LogP contribution in [-0.4, -0.2) is 21.3 Å². The third-order valence-corrected chi connectivity index (χ3v) is 2.63. The topological polar surface area (TPSA) is 66.0 Å². The summed E-state index contributed by atoms with van der Waals surface area (Å²) < 4.78 is 0. The number of H-pyrrole nitrogens is 1. The Morgan fingerprint density at radius 3 is 3.00 bits per heavy atom. The van der Waals surface area contributed by atoms with Crippen molar-refractivity contribution in [2.24, 2.45) is 0 Å². The molecule has 2 N–H and O–H groups in total. The first-order chi connectivity index (χ1) is 8.16. The summed E-state index contributed by atoms with van der Waals surface area (Å²) in [6.07, 6.45) is 2.31. The van der Waals surface area contributed by atoms with E-state index in [1.54, 1.807) is 6.20 Å². The van der Waals surface area contributed by atoms with Gasteiger partial charge < -0.3 is 5.11 Å². The lowest BCUT2D eigenvalue weighted by atomic mass is 10.0. The molecule has 1 heterocycles. The molecule has 2 rings (SSSR count). The van der Waals surface area contributed by atoms with Crippen LogP contribution in [0, 0.1) is 6.92 Å². The van der Waals surface area contributed by atoms with Crippen molar-refractivity contribution in [3.05, 3.63) is 41.6 Å². The number of aromatic nitrogens is 2. The molecule has 0 bridgehead atoms. The number of nitrogens with zero attached hydrogens (tertiary/aromatic N) is 1. The van der Waals surface area contributed by atoms with Crippen LogP contribution in [-0.2, 0) is 11.2 Å². The number of rotatable bonds is 4. The van der Waals surface area contributed by atoms with Crippen LogP contribution in [0.1, 0.15) is 17.5 Å². The first kappa shape index (κ1) is 11.4. The molecule has 4 nitrogen and oxygen atoms in total. The second kappa shape index (κ2) is 4.82. The van der Waals surface area contributed by atoms with Gasteiger partial charge in [-0.15, -0.1) is 0 Å². The summed E-state index contributed by atoms with van der Waals surface area (Å²) in [6, 6.07) is 8.05. The Morgan fingerprint density at radius 1 is 1.47 bits per heavy atom. The number of carboxylic acids is 1. The Morgan fingerprint density at radius 2 is 2.29 bits per heavy atom. The van der Waals surface area contributed by atoms with E-state index < -0.39 is 5.97 Å². The molecule has 0 fully saturated rings. The van der Waals surface area contributed by atoms with E-state index in [1.165, 1.54) is 5.56 Å². The highest BCUT2D eigenvalue weighted by molar-refractivity contribution is 5.69. The van der Waals surface area contributed by atoms with Gasteiger partial charge in [0.2, 0.25) is 0 Å². The van der Waals surface area contributed by atoms with Crippen molar-refractivity contribution in [2.75, 3.05) is 0 Å². The molecule has 0 spiro atoms. The monoisotopic (exact) mass is 230 g/mol. The maximum absolute atomic E-state index is 10.6. The first-order valence-electron chi connectivity index (χ1n) is 5.48. The fourth-order valence-corrected chi connectivity index (χ4v) is 1.79. The molecular weight excluding hydrogens is 216 g/mol. The molecule has 1 aromatic carbocycles. The molecule has 4 heteroatoms. The minimum atomic E-state index is -0.790. The number of nitrogens with one attached hydrogen (secondary N) is 1. The fourth-order valence-electron chi connectivity index (χ4n) is 1.79. The second-order valence-electron chi connectivity index (χ2n) is 4.03. The minimum Gasteiger partial charge on any atom is -0.481 e. The molecule has 0 atom stereocenters. The highest BCUT2D eigenvalue weighted by Gasteiger charge is 2.09. The van der Waals surface area contributed by atoms with Crippen molar-refractivity contribution >= 4 is 5.97 Å². The lowest BCUT2D eigenvalue weighted by molar-refractivity contribution is -0.136. The molecule has 0 saturated heterocycles. The fraction of sp³-hybridized carbons (Fsp3) is 0.231. The van der Waals surface area contributed by atoms with Gasteiger partial charge in [-0.1, -0.05) is 23.8 Å². The van der Waals surface area contributed by atoms with Gasteiger partial charge >= 0.3 is 5.97 Å². The number of carboxylic acid groups (broad SMARTS) is 1. The van der Waals surface area contributed by atoms with Crippen molar-refractivity contribution in [1.82, 2.24) is 10.2 Å². The van der Waals surface area contributed by atoms with Gasteiger partial charge in [-0.05, 0) is 25.0 Å². The first-order valence-corrected chi connectivity index (χ1v) is 5.48. The van der Waals surface area contributed by atoms with E-state index in [4.69, 9.17) is 5.11 Å². The molecule has 88 valence electrons. The predicted octanol–water partition coefficient (Wildman–Crippen LogP) is 2.40. The van der Waals surface area contributed by atoms with Gasteiger partial charge in [0.15, 0.2) is 0 Å². The molecule has 17 heavy (non-hydrogen) atoms. The van der Waals surface area contributed by atoms with Gasteiger partial charge in [-0.25, -0.2) is 0 Å². The summed E-state index contributed by atoms with van der Waals surface area (Å²) in [5, 5.41) is 15.6. The van der Waals surface area contributed by atoms with Crippen molar-refractivity contribution in [3.8, 4) is 11.3 Å². The average Bonchev–Trinajstić information content (AvgIpc) is 2.74. The largest absolute Gasteiger partial charge is 0.481 e. The Kier molecular flexibility index (Phi) is 3.23. The van der Waals surface area contributed by atoms with Crippen molar-refractivity contribution in [3.63, 3.8) is 0 Å². The Balaban J connectivity index is 2.27. The molecule has 0 aliphatic heterocycles. The van der Waals surface area contributed by atoms with E-state index in [1.807, 2.05) is 25.1 Å². The molecular formula is C13H14N2O2. The maximum atomic E-state index is 10.6. The second-order valence-corrected chi connectivity index (χ2v) is 4.03. The number of aromatic amines is 1. The van der Waals surface area contributed by atoms with Crippen LogP contribution in [0.2, 0.25) is 0 Å². The SMILES string of the molecule is Cc1cccc(-c2[nH]ncc2CCC(=O)O)c1. The highest BCUT2D eigenvalue weighted by Crippen LogP contribution is 2.22. The van der Waals surface area contributed by atoms with E-state index >= 15 is 0 Å². The number of carbonyl (C=O) groups is 1. The van der Waals surface area contributed by atoms with Gasteiger partial charge in [0.05, 0.1) is 11.9 Å². The number of hydrogen-bond donors (Lipinski definition) is 2. The van der Waals surface area contributed by atoms with E-state index in [0.29, 0.717) is 6.42 Å². The zero-order chi connectivity index (χ0) is 12.3. The van der Waals surface area contributed by atoms with Crippen LogP contribution in [0.5, 0.6) is 0 Å². The van der Waals surface area contributed by atoms with Gasteiger partial charge in [-0.2, -0.15) is 5.10 Å². The number of benzene rings is 1. The molecule has 2 aromatic rings. The van der Waals surface area contributed by atoms with Gasteiger partial charge in [0.1, 0.15) is 0 Å². The normalized spacial score (nSPS) is 10.4. The summed E-state index contributed by atoms with van der Waals surface area (Å²) in [7, 11) is 0. The Labute approximate surface area is 99.3 Å². The van der Waals surface area contributed by atoms with Gasteiger partial charge in [0, 0.05) is 12.0 Å². The van der Waals surface area contributed by atoms with E-state index in [0.717, 1.165) is 16.8 Å². The van der Waals surface area contributed by atoms with E-state index in [9.17, 15) is 4.79 Å². The molecule has 1 aromatic heterocycles. The van der Waals surface area contributed by atoms with Crippen molar-refractivity contribution in [1.29, 1.82) is 0 Å². The van der Waals surface area contributed by atoms with Crippen LogP contribution in [0.25, 0.3) is 11.3 Å². The van der Waals surface area contributed by atoms with Crippen LogP contribution < -0.4 is 0 Å². The average molecular weight is 230 g/mol. The van der Waals surface area contributed by atoms with Crippen LogP contribution >= 0.6 is 0 Å². The van der Waals surface area contributed by atoms with Crippen LogP contribution in [0.3, 0.4) is 0 Å². The lowest BCUT2D eigenvalue weighted by Crippen LogP contribution is -1.97. The standard InChI is InChI=1S/C13H14N2O2/c1-9-3-2-4-10(7-9)13-11(8-14-15-13)5-6-12(16)17/h2-4,7-8H,5-6H2,1H3,(H,14,15)(H,16,17). The predicted molar refractivity (Wildman–Crippen MR) is 64.7 cm³/mol. The summed E-state index contributed by atoms with van der Waals surface area (Å²) >= 11 is 0. The summed E-state index contributed by atoms with van der Waals surface area (Å²) in [5.74, 6) is -0.790. The van der Waals surface area contributed by atoms with Crippen LogP contribution in [0.4, 0.5) is 0 Å². The zero-order valence-corrected chi connectivity index (χ0v) is 9.60. The Bertz CT molecular complexity index is 532. The van der Waals surface area contributed by atoms with Gasteiger partial charge in [0.25, 0.3) is 0 Å². The number of aliphatic carboxylic acids is 1. The quantitative estimate of drug-likeness (QED) is 0.847. The zero-order valence-electron chi connectivity index (χ0n) is 9.60. The van der Waals surface area contributed by atoms with Crippen molar-refractivity contribution < 1.29 is 9.90 Å². The number of hydrogen-bond acceptors (Lipinski definition) is 2. The molecule has 0 saturated carbocycles. The van der Waals surface area contributed by atoms with Crippen LogP contribution in [0.15, 0.2) is 30.5 Å². The molecule has 0 radical (unpaired) electrons. The van der Waals surface area contributed by atoms with Crippen molar-refractivity contribution in [2.45, 2.75) is 19.8 Å². The molecule has 0 aliphatic carbocycles. The summed E-state index contributed by atoms with van der Waals surface area (Å²) in [5.41, 5.74) is 4.07. The molecule has 0 amide bonds. The summed E-state index contributed by atoms with van der Waals surface area (Å²) in [4.78, 5) is 10.6. The van der Waals surface area contributed by atoms with E-state index in [-0.39, 0.29) is 6.42 Å².